The summed E-state index contributed by atoms with van der Waals surface area (Å²) in [6.45, 7) is 20.3. The van der Waals surface area contributed by atoms with Gasteiger partial charge in [0.05, 0.1) is 13.7 Å². The van der Waals surface area contributed by atoms with Crippen LogP contribution < -0.4 is 0 Å². The zero-order valence-electron chi connectivity index (χ0n) is 27.9. The first-order valence-electron chi connectivity index (χ1n) is 16.0. The molecule has 3 aliphatic heterocycles. The number of likely N-dealkylation sites (tertiary alicyclic amines) is 1. The molecule has 43 heavy (non-hydrogen) atoms. The maximum Gasteiger partial charge on any atom is 0.410 e. The van der Waals surface area contributed by atoms with Crippen LogP contribution in [-0.4, -0.2) is 86.3 Å². The van der Waals surface area contributed by atoms with Crippen LogP contribution in [-0.2, 0) is 25.3 Å². The predicted octanol–water partition coefficient (Wildman–Crippen LogP) is 6.93. The Kier molecular flexibility index (Phi) is 14.9. The largest absolute Gasteiger partial charge is 0.467 e. The quantitative estimate of drug-likeness (QED) is 0.182. The zero-order valence-corrected chi connectivity index (χ0v) is 28.9. The number of carbonyl (C=O) groups is 2. The lowest BCUT2D eigenvalue weighted by Gasteiger charge is -2.39. The van der Waals surface area contributed by atoms with E-state index in [1.807, 2.05) is 36.4 Å². The lowest BCUT2D eigenvalue weighted by atomic mass is 9.95. The Labute approximate surface area is 261 Å². The van der Waals surface area contributed by atoms with Gasteiger partial charge in [0, 0.05) is 24.7 Å². The molecular formula is C34H58N2O6Si. The van der Waals surface area contributed by atoms with Crippen molar-refractivity contribution < 1.29 is 28.6 Å². The summed E-state index contributed by atoms with van der Waals surface area (Å²) in [7, 11) is -0.313. The highest BCUT2D eigenvalue weighted by Gasteiger charge is 2.49. The highest BCUT2D eigenvalue weighted by Crippen LogP contribution is 2.43. The van der Waals surface area contributed by atoms with E-state index in [4.69, 9.17) is 9.16 Å². The molecule has 0 bridgehead atoms. The highest BCUT2D eigenvalue weighted by molar-refractivity contribution is 6.74. The highest BCUT2D eigenvalue weighted by atomic mass is 28.4. The maximum atomic E-state index is 11.9. The smallest absolute Gasteiger partial charge is 0.410 e. The van der Waals surface area contributed by atoms with Crippen LogP contribution in [0, 0.1) is 0 Å². The number of benzene rings is 1. The van der Waals surface area contributed by atoms with Gasteiger partial charge in [0.2, 0.25) is 0 Å². The second-order valence-corrected chi connectivity index (χ2v) is 18.2. The van der Waals surface area contributed by atoms with E-state index in [0.29, 0.717) is 25.6 Å². The average molecular weight is 619 g/mol. The summed E-state index contributed by atoms with van der Waals surface area (Å²) >= 11 is 0. The Balaban J connectivity index is 0.000000260. The van der Waals surface area contributed by atoms with Crippen LogP contribution >= 0.6 is 0 Å². The topological polar surface area (TPSA) is 88.5 Å². The van der Waals surface area contributed by atoms with E-state index in [-0.39, 0.29) is 23.2 Å². The molecule has 3 heterocycles. The first-order chi connectivity index (χ1) is 20.4. The van der Waals surface area contributed by atoms with Gasteiger partial charge >= 0.3 is 12.1 Å². The summed E-state index contributed by atoms with van der Waals surface area (Å²) in [5.41, 5.74) is 1.02. The SMILES string of the molecule is C=CCCC.CC(C)(C)[Si](C)(C)OCC1CCC2(CO)CCCN12.COC(=O)[C@@H]1CCCN1C(=O)OCc1ccccc1. The van der Waals surface area contributed by atoms with Gasteiger partial charge in [0.1, 0.15) is 12.6 Å². The van der Waals surface area contributed by atoms with Crippen LogP contribution in [0.25, 0.3) is 0 Å². The number of nitrogens with zero attached hydrogens (tertiary/aromatic N) is 2. The lowest BCUT2D eigenvalue weighted by Crippen LogP contribution is -2.49. The van der Waals surface area contributed by atoms with Crippen molar-refractivity contribution in [2.45, 2.75) is 121 Å². The van der Waals surface area contributed by atoms with Crippen molar-refractivity contribution in [3.63, 3.8) is 0 Å². The fourth-order valence-electron chi connectivity index (χ4n) is 5.70. The molecule has 1 aromatic rings. The summed E-state index contributed by atoms with van der Waals surface area (Å²) in [6, 6.07) is 9.47. The number of methoxy groups -OCH3 is 1. The Morgan fingerprint density at radius 3 is 2.37 bits per heavy atom. The van der Waals surface area contributed by atoms with E-state index < -0.39 is 20.5 Å². The van der Waals surface area contributed by atoms with Crippen LogP contribution in [0.5, 0.6) is 0 Å². The molecule has 244 valence electrons. The molecule has 1 N–H and O–H groups in total. The van der Waals surface area contributed by atoms with Crippen molar-refractivity contribution >= 4 is 20.4 Å². The molecule has 8 nitrogen and oxygen atoms in total. The number of unbranched alkanes of at least 4 members (excludes halogenated alkanes) is 1. The Bertz CT molecular complexity index is 998. The summed E-state index contributed by atoms with van der Waals surface area (Å²) in [5.74, 6) is -0.380. The second kappa shape index (κ2) is 17.3. The van der Waals surface area contributed by atoms with Gasteiger partial charge in [-0.3, -0.25) is 9.80 Å². The first-order valence-corrected chi connectivity index (χ1v) is 18.9. The predicted molar refractivity (Wildman–Crippen MR) is 175 cm³/mol. The minimum atomic E-state index is -1.64. The van der Waals surface area contributed by atoms with Crippen molar-refractivity contribution in [3.8, 4) is 0 Å². The molecular weight excluding hydrogens is 560 g/mol. The third-order valence-electron chi connectivity index (χ3n) is 9.43. The third-order valence-corrected chi connectivity index (χ3v) is 13.9. The summed E-state index contributed by atoms with van der Waals surface area (Å²) < 4.78 is 16.3. The van der Waals surface area contributed by atoms with Crippen molar-refractivity contribution in [2.75, 3.05) is 33.4 Å². The third kappa shape index (κ3) is 10.4. The van der Waals surface area contributed by atoms with E-state index in [1.165, 1.54) is 37.7 Å². The molecule has 9 heteroatoms. The Hall–Kier alpha value is -2.20. The van der Waals surface area contributed by atoms with Gasteiger partial charge in [-0.05, 0) is 75.2 Å². The van der Waals surface area contributed by atoms with Crippen LogP contribution in [0.2, 0.25) is 18.1 Å². The molecule has 0 spiro atoms. The van der Waals surface area contributed by atoms with Gasteiger partial charge in [-0.25, -0.2) is 9.59 Å². The molecule has 1 amide bonds. The van der Waals surface area contributed by atoms with Crippen molar-refractivity contribution in [1.29, 1.82) is 0 Å². The number of aliphatic hydroxyl groups excluding tert-OH is 1. The minimum Gasteiger partial charge on any atom is -0.467 e. The zero-order chi connectivity index (χ0) is 32.1. The standard InChI is InChI=1S/C15H31NO2Si.C14H17NO4.C5H10/c1-14(2,3)19(4,5)18-11-13-7-9-15(12-17)8-6-10-16(13)15;1-18-13(16)12-8-5-9-15(12)14(17)19-10-11-6-3-2-4-7-11;1-3-5-4-2/h13,17H,6-12H2,1-5H3;2-4,6-7,12H,5,8-10H2,1H3;3H,1,4-5H2,2H3/t;12-;/m.0./s1. The normalized spacial score (nSPS) is 23.4. The molecule has 0 aromatic heterocycles. The molecule has 2 unspecified atom stereocenters. The average Bonchev–Trinajstić information content (AvgIpc) is 3.72. The van der Waals surface area contributed by atoms with Crippen molar-refractivity contribution in [1.82, 2.24) is 9.80 Å². The number of ether oxygens (including phenoxy) is 2. The van der Waals surface area contributed by atoms with Crippen LogP contribution in [0.4, 0.5) is 4.79 Å². The van der Waals surface area contributed by atoms with Crippen LogP contribution in [0.15, 0.2) is 43.0 Å². The number of rotatable bonds is 9. The molecule has 1 aromatic carbocycles. The first kappa shape index (κ1) is 37.0. The fourth-order valence-corrected chi connectivity index (χ4v) is 6.75. The fraction of sp³-hybridized carbons (Fsp3) is 0.706. The number of allylic oxidation sites excluding steroid dienone is 1. The van der Waals surface area contributed by atoms with Gasteiger partial charge < -0.3 is 19.0 Å². The molecule has 4 rings (SSSR count). The van der Waals surface area contributed by atoms with E-state index >= 15 is 0 Å². The van der Waals surface area contributed by atoms with E-state index in [2.05, 4.69) is 57.0 Å². The van der Waals surface area contributed by atoms with E-state index in [0.717, 1.165) is 38.0 Å². The molecule has 3 aliphatic rings. The van der Waals surface area contributed by atoms with Crippen LogP contribution in [0.3, 0.4) is 0 Å². The monoisotopic (exact) mass is 618 g/mol. The minimum absolute atomic E-state index is 0.0987. The maximum absolute atomic E-state index is 11.9. The molecule has 0 radical (unpaired) electrons. The molecule has 0 saturated carbocycles. The van der Waals surface area contributed by atoms with Crippen molar-refractivity contribution in [3.05, 3.63) is 48.6 Å². The van der Waals surface area contributed by atoms with Gasteiger partial charge in [0.25, 0.3) is 0 Å². The van der Waals surface area contributed by atoms with Crippen LogP contribution in [0.1, 0.15) is 84.6 Å². The summed E-state index contributed by atoms with van der Waals surface area (Å²) in [4.78, 5) is 27.5. The number of aliphatic hydroxyl groups is 1. The van der Waals surface area contributed by atoms with Gasteiger partial charge in [-0.1, -0.05) is 70.5 Å². The van der Waals surface area contributed by atoms with Gasteiger partial charge in [0.15, 0.2) is 8.32 Å². The van der Waals surface area contributed by atoms with Gasteiger partial charge in [-0.15, -0.1) is 6.58 Å². The van der Waals surface area contributed by atoms with E-state index in [1.54, 1.807) is 0 Å². The van der Waals surface area contributed by atoms with E-state index in [9.17, 15) is 14.7 Å². The summed E-state index contributed by atoms with van der Waals surface area (Å²) in [5, 5.41) is 10.0. The Morgan fingerprint density at radius 2 is 1.81 bits per heavy atom. The number of hydrogen-bond acceptors (Lipinski definition) is 7. The molecule has 0 aliphatic carbocycles. The second-order valence-electron chi connectivity index (χ2n) is 13.4. The Morgan fingerprint density at radius 1 is 1.12 bits per heavy atom. The number of fused-ring (bicyclic) bond motifs is 1. The lowest BCUT2D eigenvalue weighted by molar-refractivity contribution is -0.145. The number of amides is 1. The number of hydrogen-bond donors (Lipinski definition) is 1. The van der Waals surface area contributed by atoms with Gasteiger partial charge in [-0.2, -0.15) is 0 Å². The molecule has 3 fully saturated rings. The number of carbonyl (C=O) groups excluding carboxylic acids is 2. The molecule has 3 atom stereocenters. The number of esters is 1. The summed E-state index contributed by atoms with van der Waals surface area (Å²) in [6.07, 6.45) is 10.0. The van der Waals surface area contributed by atoms with Crippen molar-refractivity contribution in [2.24, 2.45) is 0 Å². The molecule has 3 saturated heterocycles.